The first-order chi connectivity index (χ1) is 58.1. The van der Waals surface area contributed by atoms with Gasteiger partial charge in [0.05, 0.1) is 92.0 Å². The van der Waals surface area contributed by atoms with Gasteiger partial charge in [-0.2, -0.15) is 0 Å². The summed E-state index contributed by atoms with van der Waals surface area (Å²) >= 11 is 0. The van der Waals surface area contributed by atoms with Gasteiger partial charge in [-0.05, 0) is 6.92 Å². The zero-order valence-electron chi connectivity index (χ0n) is 68.7. The number of aliphatic hydroxyl groups is 22. The van der Waals surface area contributed by atoms with Gasteiger partial charge in [-0.1, -0.05) is 13.8 Å². The van der Waals surface area contributed by atoms with Gasteiger partial charge >= 0.3 is 11.9 Å². The first-order valence-corrected chi connectivity index (χ1v) is 39.1. The molecule has 4 heterocycles. The van der Waals surface area contributed by atoms with Gasteiger partial charge in [-0.25, -0.2) is 9.59 Å². The second kappa shape index (κ2) is 54.6. The van der Waals surface area contributed by atoms with Crippen LogP contribution in [0.5, 0.6) is 0 Å². The monoisotopic (exact) mass is 1810 g/mol. The Hall–Kier alpha value is -4.82. The number of nitrogens with one attached hydrogen (secondary N) is 4. The van der Waals surface area contributed by atoms with Crippen molar-refractivity contribution < 1.29 is 241 Å². The van der Waals surface area contributed by atoms with Crippen LogP contribution < -0.4 is 21.3 Å². The third-order valence-corrected chi connectivity index (χ3v) is 19.8. The molecule has 720 valence electrons. The summed E-state index contributed by atoms with van der Waals surface area (Å²) in [7, 11) is 1.10. The van der Waals surface area contributed by atoms with Crippen molar-refractivity contribution in [1.82, 2.24) is 21.3 Å². The van der Waals surface area contributed by atoms with Crippen molar-refractivity contribution in [3.8, 4) is 0 Å². The number of carbonyl (C=O) groups excluding carboxylic acids is 4. The maximum absolute atomic E-state index is 13.0. The summed E-state index contributed by atoms with van der Waals surface area (Å²) in [5, 5.41) is 269. The molecule has 0 spiro atoms. The van der Waals surface area contributed by atoms with Crippen molar-refractivity contribution in [3.05, 3.63) is 0 Å². The third-order valence-electron chi connectivity index (χ3n) is 19.8. The molecule has 4 rings (SSSR count). The molecule has 53 nitrogen and oxygen atoms in total. The number of aliphatic carboxylic acids is 2. The highest BCUT2D eigenvalue weighted by Gasteiger charge is 2.57. The minimum atomic E-state index is -2.81. The number of rotatable bonds is 60. The van der Waals surface area contributed by atoms with Gasteiger partial charge in [0.1, 0.15) is 184 Å². The van der Waals surface area contributed by atoms with Gasteiger partial charge in [0.25, 0.3) is 11.6 Å². The fraction of sp³-hybridized carbons (Fsp3) is 0.914. The Morgan fingerprint density at radius 2 is 0.935 bits per heavy atom. The molecule has 0 radical (unpaired) electrons. The van der Waals surface area contributed by atoms with E-state index in [2.05, 4.69) is 21.3 Å². The fourth-order valence-electron chi connectivity index (χ4n) is 12.8. The van der Waals surface area contributed by atoms with Gasteiger partial charge in [0, 0.05) is 67.3 Å². The predicted molar refractivity (Wildman–Crippen MR) is 394 cm³/mol. The average Bonchev–Trinajstić information content (AvgIpc) is 0.768. The molecule has 0 aromatic rings. The number of hydrogen-bond acceptors (Lipinski definition) is 47. The molecule has 4 saturated heterocycles. The van der Waals surface area contributed by atoms with Gasteiger partial charge < -0.3 is 234 Å². The zero-order valence-corrected chi connectivity index (χ0v) is 68.7. The second-order valence-electron chi connectivity index (χ2n) is 28.8. The second-order valence-corrected chi connectivity index (χ2v) is 28.8. The van der Waals surface area contributed by atoms with Crippen LogP contribution in [0.15, 0.2) is 0 Å². The molecule has 0 aromatic carbocycles. The lowest BCUT2D eigenvalue weighted by Crippen LogP contribution is -2.68. The molecule has 0 bridgehead atoms. The van der Waals surface area contributed by atoms with Crippen LogP contribution in [-0.2, 0) is 119 Å². The first-order valence-electron chi connectivity index (χ1n) is 39.1. The number of carbonyl (C=O) groups is 6. The smallest absolute Gasteiger partial charge is 0.364 e. The molecule has 36 atom stereocenters. The quantitative estimate of drug-likeness (QED) is 0.0199. The van der Waals surface area contributed by atoms with E-state index < -0.39 is 387 Å². The molecular formula is C70H126N4O49. The molecule has 0 saturated carbocycles. The zero-order chi connectivity index (χ0) is 92.5. The summed E-state index contributed by atoms with van der Waals surface area (Å²) < 4.78 is 110. The van der Waals surface area contributed by atoms with E-state index in [4.69, 9.17) is 90.0 Å². The van der Waals surface area contributed by atoms with Crippen LogP contribution in [0.3, 0.4) is 0 Å². The van der Waals surface area contributed by atoms with E-state index in [-0.39, 0.29) is 0 Å². The van der Waals surface area contributed by atoms with E-state index in [1.54, 1.807) is 0 Å². The molecule has 4 amide bonds. The summed E-state index contributed by atoms with van der Waals surface area (Å²) in [4.78, 5) is 74.0. The number of aliphatic hydroxyl groups excluding tert-OH is 22. The van der Waals surface area contributed by atoms with Crippen LogP contribution >= 0.6 is 0 Å². The highest BCUT2D eigenvalue weighted by Crippen LogP contribution is 2.36. The topological polar surface area (TPSA) is 811 Å². The van der Waals surface area contributed by atoms with Gasteiger partial charge in [-0.15, -0.1) is 0 Å². The Bertz CT molecular complexity index is 3040. The van der Waals surface area contributed by atoms with Crippen LogP contribution in [0.4, 0.5) is 0 Å². The maximum atomic E-state index is 13.0. The van der Waals surface area contributed by atoms with E-state index in [9.17, 15) is 151 Å². The van der Waals surface area contributed by atoms with E-state index in [1.165, 1.54) is 13.8 Å². The Labute approximate surface area is 703 Å². The molecule has 123 heavy (non-hydrogen) atoms. The minimum absolute atomic E-state index is 0.465. The van der Waals surface area contributed by atoms with Crippen molar-refractivity contribution in [2.45, 2.75) is 281 Å². The van der Waals surface area contributed by atoms with Crippen LogP contribution in [0.25, 0.3) is 0 Å². The van der Waals surface area contributed by atoms with E-state index in [1.807, 2.05) is 0 Å². The minimum Gasteiger partial charge on any atom is -0.477 e. The van der Waals surface area contributed by atoms with E-state index >= 15 is 0 Å². The Morgan fingerprint density at radius 3 is 1.43 bits per heavy atom. The van der Waals surface area contributed by atoms with Crippen LogP contribution in [-0.4, -0.2) is 504 Å². The molecule has 19 unspecified atom stereocenters. The molecule has 53 heteroatoms. The summed E-state index contributed by atoms with van der Waals surface area (Å²) in [6, 6.07) is -1.84. The molecule has 4 fully saturated rings. The maximum Gasteiger partial charge on any atom is 0.364 e. The van der Waals surface area contributed by atoms with Gasteiger partial charge in [0.15, 0.2) is 31.5 Å². The van der Waals surface area contributed by atoms with Crippen molar-refractivity contribution >= 4 is 35.6 Å². The Balaban J connectivity index is 1.72. The number of carboxylic acids is 2. The normalized spacial score (nSPS) is 31.5. The fourth-order valence-corrected chi connectivity index (χ4v) is 12.8. The lowest BCUT2D eigenvalue weighted by atomic mass is 9.95. The van der Waals surface area contributed by atoms with Crippen LogP contribution in [0.2, 0.25) is 0 Å². The lowest BCUT2D eigenvalue weighted by Gasteiger charge is -2.48. The third kappa shape index (κ3) is 32.1. The van der Waals surface area contributed by atoms with Crippen molar-refractivity contribution in [2.24, 2.45) is 0 Å². The number of carboxylic acid groups (broad SMARTS) is 2. The van der Waals surface area contributed by atoms with Crippen molar-refractivity contribution in [3.63, 3.8) is 0 Å². The number of amides is 4. The molecule has 4 aliphatic rings. The average molecular weight is 1810 g/mol. The molecule has 0 aliphatic carbocycles. The number of ether oxygens (including phenoxy) is 19. The van der Waals surface area contributed by atoms with E-state index in [0.717, 1.165) is 41.7 Å². The number of methoxy groups -OCH3 is 1. The Morgan fingerprint density at radius 1 is 0.431 bits per heavy atom. The summed E-state index contributed by atoms with van der Waals surface area (Å²) in [6.07, 6.45) is -66.5. The highest BCUT2D eigenvalue weighted by atomic mass is 16.8. The summed E-state index contributed by atoms with van der Waals surface area (Å²) in [5.74, 6) is -11.9. The van der Waals surface area contributed by atoms with Crippen LogP contribution in [0.1, 0.15) is 61.3 Å². The lowest BCUT2D eigenvalue weighted by molar-refractivity contribution is -0.374. The number of hydrogen-bond donors (Lipinski definition) is 28. The predicted octanol–water partition coefficient (Wildman–Crippen LogP) is -16.0. The van der Waals surface area contributed by atoms with Gasteiger partial charge in [0.2, 0.25) is 23.6 Å². The highest BCUT2D eigenvalue weighted by molar-refractivity contribution is 5.76. The molecule has 28 N–H and O–H groups in total. The SMILES string of the molecule is CC[C@@](OCCOCO[C@@H]1C(CO)O[C@@H](OC2C(O)[C@H](O)C(COCOC(CO)[C@@H](O[C@@H]3OC(CO[C@](CC)(OC(CNC(C)=O)[C@H](O)[C@H](O)CO)C(=O)O)[C@H](O)C(O)C3O)C(C)O)O[C@@H]2OCC2O[C@@H](O[C@H](C(O)CO)C(O)CNC(C)=O)C(O)C(O[C@@H](OCCO)C(CO)OC)[C@@H]2O)C(NC(C)=O)C1O)(OC(CNC(C)=O)[C@H](O)[C@H](O)CO)C(=O)O. The summed E-state index contributed by atoms with van der Waals surface area (Å²) in [6.45, 7) is -7.52. The summed E-state index contributed by atoms with van der Waals surface area (Å²) in [5.41, 5.74) is 0. The van der Waals surface area contributed by atoms with Crippen LogP contribution in [0, 0.1) is 0 Å². The first kappa shape index (κ1) is 111. The van der Waals surface area contributed by atoms with Crippen molar-refractivity contribution in [1.29, 1.82) is 0 Å². The van der Waals surface area contributed by atoms with Gasteiger partial charge in [-0.3, -0.25) is 19.2 Å². The molecule has 0 aromatic heterocycles. The largest absolute Gasteiger partial charge is 0.477 e. The molecular weight excluding hydrogens is 1680 g/mol. The standard InChI is InChI=1S/C70H126N4O49/c1-9-69(67(101)102,122-38(16-72-31(5)84)47(91)35(88)18-76)112-14-13-106-27-111-59-41(22-80)114-63(46(52(59)96)74-33(7)86)121-61-54(98)50(94)43(117-66(61)109-25-44-51(95)60(120-62(108-12-11-75)42(23-81)105-8)56(100)65(115-44)119-58(37(90)20-78)34(87)15-71-30(4)83)24-107-28-110-40(21-79)57(29(3)82)118-64-55(99)53(97)49(93)45(116-64)26-113-70(10-2,68(103)104)123-39(17-73-32(6)85)48(92)36(89)19-77/h29,34-66,75-82,87-100H,9-28H2,1-8H3,(H,71,83)(H,72,84)(H,73,85)(H,74,86)(H,101,102)(H,103,104)/t29?,34?,35-,36-,37?,38?,39?,40?,41?,42?,43?,44?,45?,46?,47-,48-,49+,50-,51-,52?,53?,54?,55?,56?,57+,58+,59-,60?,61?,62-,63+,64+,65+,66+,69-,70-/m1/s1. The Kier molecular flexibility index (Phi) is 49.1. The van der Waals surface area contributed by atoms with Crippen molar-refractivity contribution in [2.75, 3.05) is 126 Å². The van der Waals surface area contributed by atoms with E-state index in [0.29, 0.717) is 0 Å². The molecule has 4 aliphatic heterocycles.